The lowest BCUT2D eigenvalue weighted by atomic mass is 9.97. The summed E-state index contributed by atoms with van der Waals surface area (Å²) < 4.78 is 0. The molecule has 2 aromatic rings. The van der Waals surface area contributed by atoms with Crippen LogP contribution in [0.4, 0.5) is 0 Å². The number of pyridine rings is 1. The summed E-state index contributed by atoms with van der Waals surface area (Å²) in [7, 11) is 0. The zero-order valence-electron chi connectivity index (χ0n) is 12.4. The Hall–Kier alpha value is -1.09. The van der Waals surface area contributed by atoms with Crippen molar-refractivity contribution in [1.29, 1.82) is 0 Å². The van der Waals surface area contributed by atoms with E-state index < -0.39 is 0 Å². The van der Waals surface area contributed by atoms with Gasteiger partial charge in [0.1, 0.15) is 0 Å². The van der Waals surface area contributed by atoms with Crippen LogP contribution in [0.1, 0.15) is 36.2 Å². The van der Waals surface area contributed by atoms with Crippen LogP contribution in [0, 0.1) is 6.92 Å². The zero-order chi connectivity index (χ0) is 15.2. The molecule has 0 amide bonds. The predicted octanol–water partition coefficient (Wildman–Crippen LogP) is 4.98. The SMILES string of the molecule is CCCNC(Cc1cccc(Cl)c1Cl)c1cccnc1C. The van der Waals surface area contributed by atoms with Gasteiger partial charge < -0.3 is 5.32 Å². The fourth-order valence-corrected chi connectivity index (χ4v) is 2.80. The van der Waals surface area contributed by atoms with E-state index in [1.807, 2.05) is 37.4 Å². The molecule has 0 saturated carbocycles. The molecule has 0 fully saturated rings. The van der Waals surface area contributed by atoms with Crippen LogP contribution in [0.2, 0.25) is 10.0 Å². The van der Waals surface area contributed by atoms with Gasteiger partial charge in [0.25, 0.3) is 0 Å². The summed E-state index contributed by atoms with van der Waals surface area (Å²) in [5.74, 6) is 0. The van der Waals surface area contributed by atoms with Crippen molar-refractivity contribution in [2.75, 3.05) is 6.54 Å². The molecule has 1 unspecified atom stereocenters. The van der Waals surface area contributed by atoms with E-state index in [9.17, 15) is 0 Å². The molecule has 1 aromatic carbocycles. The summed E-state index contributed by atoms with van der Waals surface area (Å²) in [6.45, 7) is 5.15. The Morgan fingerprint density at radius 2 is 2.00 bits per heavy atom. The first kappa shape index (κ1) is 16.3. The van der Waals surface area contributed by atoms with Gasteiger partial charge in [-0.2, -0.15) is 0 Å². The van der Waals surface area contributed by atoms with Gasteiger partial charge in [-0.25, -0.2) is 0 Å². The Morgan fingerprint density at radius 3 is 2.71 bits per heavy atom. The monoisotopic (exact) mass is 322 g/mol. The van der Waals surface area contributed by atoms with Crippen LogP contribution in [0.15, 0.2) is 36.5 Å². The van der Waals surface area contributed by atoms with Gasteiger partial charge in [-0.3, -0.25) is 4.98 Å². The van der Waals surface area contributed by atoms with Crippen molar-refractivity contribution in [3.8, 4) is 0 Å². The molecule has 1 heterocycles. The molecule has 1 N–H and O–H groups in total. The van der Waals surface area contributed by atoms with Gasteiger partial charge in [-0.05, 0) is 49.6 Å². The van der Waals surface area contributed by atoms with Gasteiger partial charge in [0.05, 0.1) is 10.0 Å². The third kappa shape index (κ3) is 4.19. The van der Waals surface area contributed by atoms with E-state index in [1.165, 1.54) is 5.56 Å². The fraction of sp³-hybridized carbons (Fsp3) is 0.353. The molecule has 112 valence electrons. The quantitative estimate of drug-likeness (QED) is 0.811. The molecular formula is C17H20Cl2N2. The van der Waals surface area contributed by atoms with E-state index in [2.05, 4.69) is 23.3 Å². The van der Waals surface area contributed by atoms with Gasteiger partial charge in [-0.15, -0.1) is 0 Å². The Kier molecular flexibility index (Phi) is 6.04. The predicted molar refractivity (Wildman–Crippen MR) is 90.2 cm³/mol. The number of hydrogen-bond donors (Lipinski definition) is 1. The molecule has 0 saturated heterocycles. The number of halogens is 2. The molecule has 1 aromatic heterocycles. The van der Waals surface area contributed by atoms with Gasteiger partial charge in [-0.1, -0.05) is 48.3 Å². The lowest BCUT2D eigenvalue weighted by Gasteiger charge is -2.21. The van der Waals surface area contributed by atoms with E-state index in [4.69, 9.17) is 23.2 Å². The number of benzene rings is 1. The highest BCUT2D eigenvalue weighted by Crippen LogP contribution is 2.29. The molecule has 0 aliphatic heterocycles. The third-order valence-electron chi connectivity index (χ3n) is 3.52. The molecule has 4 heteroatoms. The third-order valence-corrected chi connectivity index (χ3v) is 4.38. The van der Waals surface area contributed by atoms with Crippen molar-refractivity contribution in [2.24, 2.45) is 0 Å². The Morgan fingerprint density at radius 1 is 1.19 bits per heavy atom. The lowest BCUT2D eigenvalue weighted by Crippen LogP contribution is -2.25. The van der Waals surface area contributed by atoms with Crippen molar-refractivity contribution in [3.63, 3.8) is 0 Å². The van der Waals surface area contributed by atoms with Crippen molar-refractivity contribution < 1.29 is 0 Å². The number of aryl methyl sites for hydroxylation is 1. The van der Waals surface area contributed by atoms with Crippen LogP contribution in [-0.2, 0) is 6.42 Å². The first-order valence-corrected chi connectivity index (χ1v) is 7.96. The van der Waals surface area contributed by atoms with E-state index in [-0.39, 0.29) is 6.04 Å². The van der Waals surface area contributed by atoms with E-state index in [0.29, 0.717) is 10.0 Å². The van der Waals surface area contributed by atoms with Crippen LogP contribution in [0.5, 0.6) is 0 Å². The number of hydrogen-bond acceptors (Lipinski definition) is 2. The maximum atomic E-state index is 6.32. The molecule has 2 nitrogen and oxygen atoms in total. The van der Waals surface area contributed by atoms with E-state index in [0.717, 1.165) is 30.6 Å². The Balaban J connectivity index is 2.28. The molecule has 0 aliphatic carbocycles. The van der Waals surface area contributed by atoms with Crippen molar-refractivity contribution >= 4 is 23.2 Å². The standard InChI is InChI=1S/C17H20Cl2N2/c1-3-9-21-16(14-7-5-10-20-12(14)2)11-13-6-4-8-15(18)17(13)19/h4-8,10,16,21H,3,9,11H2,1-2H3. The lowest BCUT2D eigenvalue weighted by molar-refractivity contribution is 0.525. The average molecular weight is 323 g/mol. The van der Waals surface area contributed by atoms with Crippen LogP contribution in [-0.4, -0.2) is 11.5 Å². The minimum Gasteiger partial charge on any atom is -0.310 e. The first-order valence-electron chi connectivity index (χ1n) is 7.21. The number of nitrogens with one attached hydrogen (secondary N) is 1. The second-order valence-corrected chi connectivity index (χ2v) is 5.89. The second-order valence-electron chi connectivity index (χ2n) is 5.10. The fourth-order valence-electron chi connectivity index (χ4n) is 2.40. The van der Waals surface area contributed by atoms with Crippen molar-refractivity contribution in [2.45, 2.75) is 32.7 Å². The largest absolute Gasteiger partial charge is 0.310 e. The minimum absolute atomic E-state index is 0.189. The highest BCUT2D eigenvalue weighted by molar-refractivity contribution is 6.42. The molecule has 0 radical (unpaired) electrons. The van der Waals surface area contributed by atoms with E-state index in [1.54, 1.807) is 0 Å². The molecule has 0 bridgehead atoms. The summed E-state index contributed by atoms with van der Waals surface area (Å²) in [4.78, 5) is 4.39. The highest BCUT2D eigenvalue weighted by atomic mass is 35.5. The summed E-state index contributed by atoms with van der Waals surface area (Å²) in [5.41, 5.74) is 3.31. The number of rotatable bonds is 6. The highest BCUT2D eigenvalue weighted by Gasteiger charge is 2.16. The van der Waals surface area contributed by atoms with Crippen LogP contribution in [0.25, 0.3) is 0 Å². The zero-order valence-corrected chi connectivity index (χ0v) is 13.9. The van der Waals surface area contributed by atoms with Crippen LogP contribution >= 0.6 is 23.2 Å². The molecule has 2 rings (SSSR count). The van der Waals surface area contributed by atoms with Crippen molar-refractivity contribution in [1.82, 2.24) is 10.3 Å². The summed E-state index contributed by atoms with van der Waals surface area (Å²) in [6.07, 6.45) is 3.70. The summed E-state index contributed by atoms with van der Waals surface area (Å²) >= 11 is 12.4. The number of nitrogens with zero attached hydrogens (tertiary/aromatic N) is 1. The van der Waals surface area contributed by atoms with Gasteiger partial charge in [0, 0.05) is 17.9 Å². The molecule has 0 spiro atoms. The number of aromatic nitrogens is 1. The Labute approximate surface area is 136 Å². The molecular weight excluding hydrogens is 303 g/mol. The van der Waals surface area contributed by atoms with E-state index >= 15 is 0 Å². The van der Waals surface area contributed by atoms with Crippen LogP contribution < -0.4 is 5.32 Å². The topological polar surface area (TPSA) is 24.9 Å². The molecule has 21 heavy (non-hydrogen) atoms. The maximum Gasteiger partial charge on any atom is 0.0624 e. The summed E-state index contributed by atoms with van der Waals surface area (Å²) in [6, 6.07) is 10.1. The minimum atomic E-state index is 0.189. The Bertz CT molecular complexity index is 599. The smallest absolute Gasteiger partial charge is 0.0624 e. The molecule has 0 aliphatic rings. The second kappa shape index (κ2) is 7.79. The first-order chi connectivity index (χ1) is 10.1. The molecule has 1 atom stereocenters. The summed E-state index contributed by atoms with van der Waals surface area (Å²) in [5, 5.41) is 4.83. The maximum absolute atomic E-state index is 6.32. The van der Waals surface area contributed by atoms with Gasteiger partial charge in [0.2, 0.25) is 0 Å². The van der Waals surface area contributed by atoms with Gasteiger partial charge in [0.15, 0.2) is 0 Å². The normalized spacial score (nSPS) is 12.4. The van der Waals surface area contributed by atoms with Gasteiger partial charge >= 0.3 is 0 Å². The van der Waals surface area contributed by atoms with Crippen LogP contribution in [0.3, 0.4) is 0 Å². The average Bonchev–Trinajstić information content (AvgIpc) is 2.48. The van der Waals surface area contributed by atoms with Crippen molar-refractivity contribution in [3.05, 3.63) is 63.4 Å².